The van der Waals surface area contributed by atoms with Crippen LogP contribution in [0.5, 0.6) is 0 Å². The van der Waals surface area contributed by atoms with E-state index in [4.69, 9.17) is 12.6 Å². The van der Waals surface area contributed by atoms with E-state index in [9.17, 15) is 0 Å². The lowest BCUT2D eigenvalue weighted by Gasteiger charge is -2.43. The molecule has 6 aliphatic carbocycles. The van der Waals surface area contributed by atoms with E-state index in [1.807, 2.05) is 0 Å². The van der Waals surface area contributed by atoms with Crippen LogP contribution in [-0.2, 0) is 23.7 Å². The first-order valence-corrected chi connectivity index (χ1v) is 25.1. The van der Waals surface area contributed by atoms with Crippen molar-refractivity contribution in [1.29, 1.82) is 0 Å². The summed E-state index contributed by atoms with van der Waals surface area (Å²) in [6.45, 7) is 19.3. The summed E-state index contributed by atoms with van der Waals surface area (Å²) >= 11 is 5.29. The Balaban J connectivity index is 1.23. The molecule has 0 heterocycles. The van der Waals surface area contributed by atoms with Crippen LogP contribution >= 0.6 is 12.6 Å². The van der Waals surface area contributed by atoms with Gasteiger partial charge in [0.2, 0.25) is 0 Å². The fourth-order valence-electron chi connectivity index (χ4n) is 12.7. The second kappa shape index (κ2) is 15.9. The number of hydrogen-bond acceptors (Lipinski definition) is 2. The minimum atomic E-state index is 0.0867. The first-order chi connectivity index (χ1) is 31.3. The molecule has 3 atom stereocenters. The van der Waals surface area contributed by atoms with Crippen LogP contribution in [-0.4, -0.2) is 5.88 Å². The van der Waals surface area contributed by atoms with E-state index >= 15 is 0 Å². The molecule has 2 heteroatoms. The molecular weight excluding hydrogens is 803 g/mol. The summed E-state index contributed by atoms with van der Waals surface area (Å²) in [5, 5.41) is 0. The van der Waals surface area contributed by atoms with Gasteiger partial charge in [-0.05, 0) is 190 Å². The van der Waals surface area contributed by atoms with Gasteiger partial charge >= 0.3 is 0 Å². The maximum Gasteiger partial charge on any atom is 0.0659 e. The first-order valence-electron chi connectivity index (χ1n) is 24.5. The summed E-state index contributed by atoms with van der Waals surface area (Å²) in [7, 11) is 0. The van der Waals surface area contributed by atoms with Gasteiger partial charge in [0.15, 0.2) is 0 Å². The van der Waals surface area contributed by atoms with Gasteiger partial charge in [0, 0.05) is 11.3 Å². The largest absolute Gasteiger partial charge is 0.331 e. The van der Waals surface area contributed by atoms with Crippen molar-refractivity contribution in [2.24, 2.45) is 11.8 Å². The van der Waals surface area contributed by atoms with Gasteiger partial charge in [0.1, 0.15) is 0 Å². The maximum absolute atomic E-state index is 5.29. The number of rotatable bonds is 5. The third-order valence-electron chi connectivity index (χ3n) is 16.7. The fourth-order valence-corrected chi connectivity index (χ4v) is 13.0. The lowest BCUT2D eigenvalue weighted by molar-refractivity contribution is 0.332. The number of benzene rings is 5. The molecule has 3 unspecified atom stereocenters. The van der Waals surface area contributed by atoms with Gasteiger partial charge in [0.05, 0.1) is 11.6 Å². The van der Waals surface area contributed by atoms with E-state index in [2.05, 4.69) is 188 Å². The Labute approximate surface area is 394 Å². The number of fused-ring (bicyclic) bond motifs is 13. The highest BCUT2D eigenvalue weighted by Crippen LogP contribution is 2.60. The van der Waals surface area contributed by atoms with Crippen molar-refractivity contribution in [2.75, 3.05) is 10.8 Å². The standard InChI is InChI=1S/C63H65NS/c1-38-17-10-9-11-18-42(38)34-53-39(2)32-59(64(37-65)58-36-57-56(31-40(58)3)62(5,6)29-30-63(57,7)8)52-28-27-50-48-21-14-15-22-49(48)54-35-55(54)51(50)26-25-44-33-43-19-12-13-20-47(43)60(44)45-23-16-24-46(41(45)4)61(52)53/h9-24,27-28,31-32,36,38,54-55,65H,25-26,29-30,33-35,37H2,1-8H3/b28-27-. The third kappa shape index (κ3) is 7.04. The summed E-state index contributed by atoms with van der Waals surface area (Å²) in [4.78, 5) is 2.54. The van der Waals surface area contributed by atoms with E-state index in [1.54, 1.807) is 11.1 Å². The number of nitrogens with zero attached hydrogens (tertiary/aromatic N) is 1. The minimum Gasteiger partial charge on any atom is -0.331 e. The molecule has 0 amide bonds. The molecule has 5 aromatic rings. The van der Waals surface area contributed by atoms with Gasteiger partial charge in [0.25, 0.3) is 0 Å². The molecule has 2 bridgehead atoms. The van der Waals surface area contributed by atoms with Crippen molar-refractivity contribution in [1.82, 2.24) is 0 Å². The smallest absolute Gasteiger partial charge is 0.0659 e. The minimum absolute atomic E-state index is 0.0867. The van der Waals surface area contributed by atoms with Crippen LogP contribution in [0.1, 0.15) is 139 Å². The molecule has 11 rings (SSSR count). The van der Waals surface area contributed by atoms with Crippen LogP contribution in [0.4, 0.5) is 11.4 Å². The molecule has 1 fully saturated rings. The van der Waals surface area contributed by atoms with Crippen molar-refractivity contribution in [2.45, 2.75) is 117 Å². The summed E-state index contributed by atoms with van der Waals surface area (Å²) < 4.78 is 0. The number of allylic oxidation sites excluding steroid dienone is 10. The number of hydrogen-bond donors (Lipinski definition) is 1. The average molecular weight is 868 g/mol. The van der Waals surface area contributed by atoms with Crippen molar-refractivity contribution in [3.8, 4) is 11.1 Å². The van der Waals surface area contributed by atoms with Crippen molar-refractivity contribution in [3.63, 3.8) is 0 Å². The topological polar surface area (TPSA) is 3.24 Å². The molecular formula is C63H65NS. The van der Waals surface area contributed by atoms with Gasteiger partial charge in [-0.3, -0.25) is 0 Å². The summed E-state index contributed by atoms with van der Waals surface area (Å²) in [6.07, 6.45) is 24.2. The van der Waals surface area contributed by atoms with Crippen molar-refractivity contribution < 1.29 is 0 Å². The van der Waals surface area contributed by atoms with Crippen LogP contribution in [0, 0.1) is 32.6 Å². The zero-order chi connectivity index (χ0) is 44.9. The van der Waals surface area contributed by atoms with Gasteiger partial charge < -0.3 is 4.90 Å². The van der Waals surface area contributed by atoms with E-state index in [0.717, 1.165) is 25.7 Å². The Morgan fingerprint density at radius 1 is 0.692 bits per heavy atom. The highest BCUT2D eigenvalue weighted by molar-refractivity contribution is 7.80. The number of thiol groups is 1. The molecule has 1 saturated carbocycles. The zero-order valence-electron chi connectivity index (χ0n) is 39.9. The molecule has 0 aliphatic heterocycles. The SMILES string of the molecule is Cc1cc2c(cc1N(CS)c1cc(C)c(CC3=CC=CC=CC3C)c3c1/C=C\C1=C(CCC4=C(c5ccccc5C4)c4cccc-3c4C)C3CC3c3ccccc31)C(C)(C)CCC2(C)C. The van der Waals surface area contributed by atoms with Crippen LogP contribution in [0.25, 0.3) is 28.3 Å². The van der Waals surface area contributed by atoms with E-state index in [0.29, 0.717) is 23.6 Å². The van der Waals surface area contributed by atoms with Crippen LogP contribution in [0.2, 0.25) is 0 Å². The molecule has 6 aliphatic rings. The molecule has 1 nitrogen and oxygen atoms in total. The van der Waals surface area contributed by atoms with E-state index in [-0.39, 0.29) is 10.8 Å². The molecule has 0 radical (unpaired) electrons. The van der Waals surface area contributed by atoms with Crippen LogP contribution in [0.3, 0.4) is 0 Å². The van der Waals surface area contributed by atoms with Crippen LogP contribution < -0.4 is 4.90 Å². The zero-order valence-corrected chi connectivity index (χ0v) is 40.8. The summed E-state index contributed by atoms with van der Waals surface area (Å²) in [5.41, 5.74) is 29.9. The van der Waals surface area contributed by atoms with Gasteiger partial charge in [-0.2, -0.15) is 12.6 Å². The lowest BCUT2D eigenvalue weighted by atomic mass is 9.63. The average Bonchev–Trinajstić information content (AvgIpc) is 4.05. The Morgan fingerprint density at radius 3 is 2.22 bits per heavy atom. The predicted octanol–water partition coefficient (Wildman–Crippen LogP) is 16.6. The molecule has 65 heavy (non-hydrogen) atoms. The van der Waals surface area contributed by atoms with Crippen LogP contribution in [0.15, 0.2) is 138 Å². The monoisotopic (exact) mass is 867 g/mol. The lowest BCUT2D eigenvalue weighted by Crippen LogP contribution is -2.34. The van der Waals surface area contributed by atoms with E-state index < -0.39 is 0 Å². The third-order valence-corrected chi connectivity index (χ3v) is 17.0. The Kier molecular flexibility index (Phi) is 10.4. The Bertz CT molecular complexity index is 3010. The first kappa shape index (κ1) is 42.3. The quantitative estimate of drug-likeness (QED) is 0.136. The van der Waals surface area contributed by atoms with Gasteiger partial charge in [-0.15, -0.1) is 0 Å². The fraction of sp³-hybridized carbons (Fsp3) is 0.333. The summed E-state index contributed by atoms with van der Waals surface area (Å²) in [6, 6.07) is 33.4. The molecule has 0 aromatic heterocycles. The van der Waals surface area contributed by atoms with Crippen molar-refractivity contribution in [3.05, 3.63) is 205 Å². The second-order valence-electron chi connectivity index (χ2n) is 21.6. The Hall–Kier alpha value is -5.31. The molecule has 0 saturated heterocycles. The van der Waals surface area contributed by atoms with Crippen molar-refractivity contribution >= 4 is 41.2 Å². The number of anilines is 2. The highest BCUT2D eigenvalue weighted by Gasteiger charge is 2.46. The maximum atomic E-state index is 5.29. The normalized spacial score (nSPS) is 22.4. The summed E-state index contributed by atoms with van der Waals surface area (Å²) in [5.74, 6) is 2.14. The Morgan fingerprint density at radius 2 is 1.42 bits per heavy atom. The molecule has 5 aromatic carbocycles. The predicted molar refractivity (Wildman–Crippen MR) is 282 cm³/mol. The van der Waals surface area contributed by atoms with E-state index in [1.165, 1.54) is 125 Å². The second-order valence-corrected chi connectivity index (χ2v) is 21.9. The highest BCUT2D eigenvalue weighted by atomic mass is 32.1. The molecule has 0 N–H and O–H groups in total. The van der Waals surface area contributed by atoms with Gasteiger partial charge in [-0.1, -0.05) is 167 Å². The molecule has 328 valence electrons. The molecule has 0 spiro atoms. The number of aryl methyl sites for hydroxylation is 2. The van der Waals surface area contributed by atoms with Gasteiger partial charge in [-0.25, -0.2) is 0 Å².